The number of esters is 3. The van der Waals surface area contributed by atoms with Gasteiger partial charge in [0.05, 0.1) is 32.8 Å². The third-order valence-corrected chi connectivity index (χ3v) is 4.50. The fraction of sp³-hybridized carbons (Fsp3) is 0.520. The number of hydrogen-bond acceptors (Lipinski definition) is 9. The molecule has 1 saturated heterocycles. The van der Waals surface area contributed by atoms with E-state index < -0.39 is 18.2 Å². The molecular weight excluding hydrogens is 458 g/mol. The zero-order valence-corrected chi connectivity index (χ0v) is 21.1. The molecule has 0 N–H and O–H groups in total. The second-order valence-electron chi connectivity index (χ2n) is 7.67. The molecule has 1 fully saturated rings. The maximum atomic E-state index is 12.4. The Morgan fingerprint density at radius 3 is 1.94 bits per heavy atom. The van der Waals surface area contributed by atoms with E-state index in [0.29, 0.717) is 24.1 Å². The summed E-state index contributed by atoms with van der Waals surface area (Å²) in [4.78, 5) is 47.0. The Kier molecular flexibility index (Phi) is 15.6. The molecule has 1 amide bonds. The summed E-state index contributed by atoms with van der Waals surface area (Å²) in [5.74, 6) is -1.74. The van der Waals surface area contributed by atoms with Crippen LogP contribution in [0.2, 0.25) is 0 Å². The standard InChI is InChI=1S/C20H29NO7.C5H8O2/c1-6-16-7-8-21(18(16)22)17(13-28-20(24)15(4)5)26-11-9-25-10-12-27-19(23)14(2)3;1-4(2)5(6)7-3/h6,16-17H,1-2,4,7-13H2,3,5H3;1H2,2-3H3. The molecule has 0 saturated carbocycles. The number of likely N-dealkylation sites (tertiary alicyclic amines) is 1. The Morgan fingerprint density at radius 1 is 0.943 bits per heavy atom. The number of rotatable bonds is 14. The van der Waals surface area contributed by atoms with Crippen LogP contribution in [0.5, 0.6) is 0 Å². The first-order valence-electron chi connectivity index (χ1n) is 11.0. The summed E-state index contributed by atoms with van der Waals surface area (Å²) in [5, 5.41) is 0. The normalized spacial score (nSPS) is 15.3. The highest BCUT2D eigenvalue weighted by molar-refractivity contribution is 5.87. The van der Waals surface area contributed by atoms with Crippen molar-refractivity contribution in [3.05, 3.63) is 49.1 Å². The Labute approximate surface area is 207 Å². The number of carbonyl (C=O) groups excluding carboxylic acids is 4. The van der Waals surface area contributed by atoms with Gasteiger partial charge >= 0.3 is 17.9 Å². The van der Waals surface area contributed by atoms with Crippen molar-refractivity contribution in [1.82, 2.24) is 4.90 Å². The molecule has 1 rings (SSSR count). The molecule has 2 unspecified atom stereocenters. The van der Waals surface area contributed by atoms with Gasteiger partial charge in [-0.05, 0) is 27.2 Å². The minimum absolute atomic E-state index is 0.0997. The van der Waals surface area contributed by atoms with E-state index in [2.05, 4.69) is 31.1 Å². The van der Waals surface area contributed by atoms with Gasteiger partial charge in [-0.15, -0.1) is 6.58 Å². The Balaban J connectivity index is 0.00000143. The lowest BCUT2D eigenvalue weighted by atomic mass is 10.1. The summed E-state index contributed by atoms with van der Waals surface area (Å²) in [6, 6.07) is 0. The number of amides is 1. The van der Waals surface area contributed by atoms with Crippen LogP contribution >= 0.6 is 0 Å². The van der Waals surface area contributed by atoms with Crippen LogP contribution in [0.3, 0.4) is 0 Å². The Morgan fingerprint density at radius 2 is 1.49 bits per heavy atom. The number of ether oxygens (including phenoxy) is 5. The number of methoxy groups -OCH3 is 1. The highest BCUT2D eigenvalue weighted by Gasteiger charge is 2.35. The van der Waals surface area contributed by atoms with E-state index >= 15 is 0 Å². The molecule has 0 aromatic carbocycles. The molecule has 0 spiro atoms. The third kappa shape index (κ3) is 12.7. The van der Waals surface area contributed by atoms with E-state index in [4.69, 9.17) is 18.9 Å². The second-order valence-corrected chi connectivity index (χ2v) is 7.67. The fourth-order valence-corrected chi connectivity index (χ4v) is 2.56. The summed E-state index contributed by atoms with van der Waals surface area (Å²) in [6.07, 6.45) is 1.53. The molecule has 0 bridgehead atoms. The summed E-state index contributed by atoms with van der Waals surface area (Å²) >= 11 is 0. The molecule has 1 heterocycles. The molecule has 10 heteroatoms. The van der Waals surface area contributed by atoms with Crippen molar-refractivity contribution in [3.63, 3.8) is 0 Å². The van der Waals surface area contributed by atoms with Crippen molar-refractivity contribution in [3.8, 4) is 0 Å². The molecule has 0 aromatic rings. The highest BCUT2D eigenvalue weighted by atomic mass is 16.6. The van der Waals surface area contributed by atoms with Crippen LogP contribution in [0.1, 0.15) is 27.2 Å². The summed E-state index contributed by atoms with van der Waals surface area (Å²) in [7, 11) is 1.33. The first-order chi connectivity index (χ1) is 16.5. The zero-order valence-electron chi connectivity index (χ0n) is 21.1. The lowest BCUT2D eigenvalue weighted by molar-refractivity contribution is -0.161. The number of carbonyl (C=O) groups is 4. The average Bonchev–Trinajstić information content (AvgIpc) is 3.19. The molecular formula is C25H37NO9. The smallest absolute Gasteiger partial charge is 0.333 e. The SMILES string of the molecule is C=C(C)C(=O)OC.C=CC1CCN(C(COC(=O)C(=C)C)OCCOCCOC(=O)C(=C)C)C1=O. The van der Waals surface area contributed by atoms with Gasteiger partial charge < -0.3 is 28.6 Å². The summed E-state index contributed by atoms with van der Waals surface area (Å²) in [6.45, 7) is 19.8. The molecule has 196 valence electrons. The lowest BCUT2D eigenvalue weighted by Gasteiger charge is -2.27. The zero-order chi connectivity index (χ0) is 27.0. The van der Waals surface area contributed by atoms with E-state index in [9.17, 15) is 19.2 Å². The summed E-state index contributed by atoms with van der Waals surface area (Å²) < 4.78 is 25.4. The topological polar surface area (TPSA) is 118 Å². The fourth-order valence-electron chi connectivity index (χ4n) is 2.56. The van der Waals surface area contributed by atoms with Crippen LogP contribution in [0, 0.1) is 5.92 Å². The molecule has 0 aromatic heterocycles. The van der Waals surface area contributed by atoms with Crippen molar-refractivity contribution in [1.29, 1.82) is 0 Å². The van der Waals surface area contributed by atoms with E-state index in [-0.39, 0.29) is 56.4 Å². The lowest BCUT2D eigenvalue weighted by Crippen LogP contribution is -2.43. The molecule has 35 heavy (non-hydrogen) atoms. The Bertz CT molecular complexity index is 803. The van der Waals surface area contributed by atoms with Crippen LogP contribution in [0.25, 0.3) is 0 Å². The van der Waals surface area contributed by atoms with Gasteiger partial charge in [-0.1, -0.05) is 25.8 Å². The molecule has 1 aliphatic heterocycles. The quantitative estimate of drug-likeness (QED) is 0.118. The van der Waals surface area contributed by atoms with Gasteiger partial charge in [-0.2, -0.15) is 0 Å². The van der Waals surface area contributed by atoms with Crippen molar-refractivity contribution >= 4 is 23.8 Å². The highest BCUT2D eigenvalue weighted by Crippen LogP contribution is 2.22. The second kappa shape index (κ2) is 17.2. The van der Waals surface area contributed by atoms with E-state index in [1.165, 1.54) is 12.0 Å². The van der Waals surface area contributed by atoms with Crippen LogP contribution in [0.4, 0.5) is 0 Å². The molecule has 0 radical (unpaired) electrons. The first kappa shape index (κ1) is 31.8. The van der Waals surface area contributed by atoms with E-state index in [1.807, 2.05) is 0 Å². The van der Waals surface area contributed by atoms with Crippen molar-refractivity contribution in [2.45, 2.75) is 33.4 Å². The van der Waals surface area contributed by atoms with Gasteiger partial charge in [0.15, 0.2) is 6.23 Å². The number of hydrogen-bond donors (Lipinski definition) is 0. The molecule has 1 aliphatic rings. The predicted octanol–water partition coefficient (Wildman–Crippen LogP) is 2.35. The monoisotopic (exact) mass is 495 g/mol. The van der Waals surface area contributed by atoms with Crippen molar-refractivity contribution in [2.24, 2.45) is 5.92 Å². The maximum absolute atomic E-state index is 12.4. The van der Waals surface area contributed by atoms with Crippen molar-refractivity contribution in [2.75, 3.05) is 46.7 Å². The summed E-state index contributed by atoms with van der Waals surface area (Å²) in [5.41, 5.74) is 1.02. The van der Waals surface area contributed by atoms with Crippen LogP contribution < -0.4 is 0 Å². The molecule has 2 atom stereocenters. The van der Waals surface area contributed by atoms with Gasteiger partial charge in [-0.3, -0.25) is 4.79 Å². The third-order valence-electron chi connectivity index (χ3n) is 4.50. The minimum atomic E-state index is -0.717. The van der Waals surface area contributed by atoms with Gasteiger partial charge in [0.2, 0.25) is 5.91 Å². The number of nitrogens with zero attached hydrogens (tertiary/aromatic N) is 1. The van der Waals surface area contributed by atoms with Gasteiger partial charge in [0, 0.05) is 23.3 Å². The average molecular weight is 496 g/mol. The first-order valence-corrected chi connectivity index (χ1v) is 11.0. The van der Waals surface area contributed by atoms with Gasteiger partial charge in [0.1, 0.15) is 13.2 Å². The van der Waals surface area contributed by atoms with E-state index in [0.717, 1.165) is 0 Å². The molecule has 10 nitrogen and oxygen atoms in total. The molecule has 0 aliphatic carbocycles. The predicted molar refractivity (Wildman–Crippen MR) is 129 cm³/mol. The van der Waals surface area contributed by atoms with Crippen LogP contribution in [-0.2, 0) is 42.9 Å². The largest absolute Gasteiger partial charge is 0.466 e. The van der Waals surface area contributed by atoms with Crippen LogP contribution in [0.15, 0.2) is 49.1 Å². The van der Waals surface area contributed by atoms with Gasteiger partial charge in [0.25, 0.3) is 0 Å². The van der Waals surface area contributed by atoms with Crippen molar-refractivity contribution < 1.29 is 42.9 Å². The Hall–Kier alpha value is -3.24. The minimum Gasteiger partial charge on any atom is -0.466 e. The van der Waals surface area contributed by atoms with Crippen LogP contribution in [-0.4, -0.2) is 81.6 Å². The van der Waals surface area contributed by atoms with E-state index in [1.54, 1.807) is 26.8 Å². The van der Waals surface area contributed by atoms with Gasteiger partial charge in [-0.25, -0.2) is 14.4 Å². The maximum Gasteiger partial charge on any atom is 0.333 e.